The van der Waals surface area contributed by atoms with Gasteiger partial charge in [-0.25, -0.2) is 4.79 Å². The summed E-state index contributed by atoms with van der Waals surface area (Å²) < 4.78 is 5.46. The normalized spacial score (nSPS) is 18.9. The van der Waals surface area contributed by atoms with Crippen molar-refractivity contribution in [3.63, 3.8) is 0 Å². The summed E-state index contributed by atoms with van der Waals surface area (Å²) in [5.74, 6) is 0.683. The zero-order chi connectivity index (χ0) is 19.6. The first-order valence-electron chi connectivity index (χ1n) is 9.71. The van der Waals surface area contributed by atoms with Gasteiger partial charge in [0.15, 0.2) is 0 Å². The Morgan fingerprint density at radius 3 is 2.26 bits per heavy atom. The number of nitrogens with zero attached hydrogens (tertiary/aromatic N) is 3. The van der Waals surface area contributed by atoms with Gasteiger partial charge in [-0.2, -0.15) is 0 Å². The van der Waals surface area contributed by atoms with Crippen molar-refractivity contribution in [2.45, 2.75) is 26.4 Å². The number of hydrogen-bond donors (Lipinski definition) is 1. The van der Waals surface area contributed by atoms with Crippen LogP contribution in [0.5, 0.6) is 0 Å². The average Bonchev–Trinajstić information content (AvgIpc) is 2.57. The number of nitrogens with two attached hydrogens (primary N) is 1. The van der Waals surface area contributed by atoms with Crippen molar-refractivity contribution in [3.05, 3.63) is 36.4 Å². The van der Waals surface area contributed by atoms with Crippen LogP contribution in [0.4, 0.5) is 10.5 Å². The summed E-state index contributed by atoms with van der Waals surface area (Å²) in [4.78, 5) is 18.8. The number of rotatable bonds is 4. The van der Waals surface area contributed by atoms with Gasteiger partial charge in [-0.15, -0.1) is 0 Å². The fourth-order valence-electron chi connectivity index (χ4n) is 3.59. The van der Waals surface area contributed by atoms with Crippen LogP contribution in [0.25, 0.3) is 5.70 Å². The lowest BCUT2D eigenvalue weighted by Crippen LogP contribution is -2.55. The fraction of sp³-hybridized carbons (Fsp3) is 0.571. The maximum atomic E-state index is 12.1. The van der Waals surface area contributed by atoms with Gasteiger partial charge in [0.1, 0.15) is 5.60 Å². The van der Waals surface area contributed by atoms with Crippen LogP contribution >= 0.6 is 0 Å². The molecule has 3 rings (SSSR count). The molecule has 0 aromatic heterocycles. The third kappa shape index (κ3) is 5.16. The summed E-state index contributed by atoms with van der Waals surface area (Å²) in [5.41, 5.74) is 8.13. The van der Waals surface area contributed by atoms with Crippen molar-refractivity contribution < 1.29 is 9.53 Å². The van der Waals surface area contributed by atoms with Crippen LogP contribution in [0.2, 0.25) is 0 Å². The van der Waals surface area contributed by atoms with Crippen LogP contribution in [0.1, 0.15) is 26.3 Å². The highest BCUT2D eigenvalue weighted by Gasteiger charge is 2.31. The second-order valence-electron chi connectivity index (χ2n) is 8.61. The molecule has 2 saturated heterocycles. The van der Waals surface area contributed by atoms with E-state index in [1.165, 1.54) is 5.69 Å². The third-order valence-corrected chi connectivity index (χ3v) is 5.10. The Kier molecular flexibility index (Phi) is 5.65. The minimum atomic E-state index is -0.431. The molecule has 2 fully saturated rings. The van der Waals surface area contributed by atoms with Gasteiger partial charge in [0.25, 0.3) is 0 Å². The maximum absolute atomic E-state index is 12.1. The summed E-state index contributed by atoms with van der Waals surface area (Å²) in [6.07, 6.45) is -0.194. The molecule has 1 amide bonds. The molecule has 0 unspecified atom stereocenters. The van der Waals surface area contributed by atoms with Gasteiger partial charge in [-0.1, -0.05) is 18.7 Å². The zero-order valence-electron chi connectivity index (χ0n) is 16.8. The minimum Gasteiger partial charge on any atom is -0.444 e. The monoisotopic (exact) mass is 372 g/mol. The molecule has 0 bridgehead atoms. The Balaban J connectivity index is 1.39. The summed E-state index contributed by atoms with van der Waals surface area (Å²) in [5, 5.41) is 0. The molecule has 6 nitrogen and oxygen atoms in total. The molecule has 0 radical (unpaired) electrons. The molecule has 1 aromatic rings. The first-order valence-corrected chi connectivity index (χ1v) is 9.71. The third-order valence-electron chi connectivity index (χ3n) is 5.10. The van der Waals surface area contributed by atoms with Crippen LogP contribution in [0.15, 0.2) is 30.8 Å². The molecule has 2 aliphatic heterocycles. The summed E-state index contributed by atoms with van der Waals surface area (Å²) in [7, 11) is 0. The first-order chi connectivity index (χ1) is 12.7. The quantitative estimate of drug-likeness (QED) is 0.880. The predicted molar refractivity (Wildman–Crippen MR) is 110 cm³/mol. The summed E-state index contributed by atoms with van der Waals surface area (Å²) in [6, 6.07) is 8.29. The van der Waals surface area contributed by atoms with Gasteiger partial charge >= 0.3 is 6.09 Å². The number of ether oxygens (including phenoxy) is 1. The van der Waals surface area contributed by atoms with E-state index in [9.17, 15) is 4.79 Å². The lowest BCUT2D eigenvalue weighted by Gasteiger charge is -2.44. The SMILES string of the molecule is C=C(N)c1ccc(N2CC(CN3CCN(C(=O)OC(C)(C)C)CC3)C2)cc1. The van der Waals surface area contributed by atoms with Gasteiger partial charge in [0.05, 0.1) is 0 Å². The molecule has 2 N–H and O–H groups in total. The molecule has 148 valence electrons. The first kappa shape index (κ1) is 19.5. The highest BCUT2D eigenvalue weighted by molar-refractivity contribution is 5.68. The molecule has 0 atom stereocenters. The Bertz CT molecular complexity index is 666. The number of carbonyl (C=O) groups excluding carboxylic acids is 1. The van der Waals surface area contributed by atoms with Gasteiger partial charge in [0, 0.05) is 63.1 Å². The molecule has 27 heavy (non-hydrogen) atoms. The van der Waals surface area contributed by atoms with E-state index in [-0.39, 0.29) is 6.09 Å². The van der Waals surface area contributed by atoms with Crippen molar-refractivity contribution in [2.75, 3.05) is 50.7 Å². The van der Waals surface area contributed by atoms with Crippen molar-refractivity contribution >= 4 is 17.5 Å². The van der Waals surface area contributed by atoms with E-state index >= 15 is 0 Å². The number of piperazine rings is 1. The molecule has 2 heterocycles. The highest BCUT2D eigenvalue weighted by Crippen LogP contribution is 2.26. The van der Waals surface area contributed by atoms with Crippen LogP contribution < -0.4 is 10.6 Å². The van der Waals surface area contributed by atoms with Crippen LogP contribution in [0, 0.1) is 5.92 Å². The van der Waals surface area contributed by atoms with E-state index in [2.05, 4.69) is 28.5 Å². The predicted octanol–water partition coefficient (Wildman–Crippen LogP) is 2.60. The second-order valence-corrected chi connectivity index (χ2v) is 8.61. The summed E-state index contributed by atoms with van der Waals surface area (Å²) >= 11 is 0. The van der Waals surface area contributed by atoms with Crippen LogP contribution in [-0.4, -0.2) is 67.3 Å². The van der Waals surface area contributed by atoms with E-state index in [4.69, 9.17) is 10.5 Å². The smallest absolute Gasteiger partial charge is 0.410 e. The Hall–Kier alpha value is -2.21. The highest BCUT2D eigenvalue weighted by atomic mass is 16.6. The maximum Gasteiger partial charge on any atom is 0.410 e. The second kappa shape index (κ2) is 7.80. The number of amides is 1. The molecule has 1 aromatic carbocycles. The van der Waals surface area contributed by atoms with E-state index in [1.54, 1.807) is 0 Å². The molecule has 0 aliphatic carbocycles. The number of benzene rings is 1. The van der Waals surface area contributed by atoms with E-state index in [0.29, 0.717) is 11.6 Å². The lowest BCUT2D eigenvalue weighted by atomic mass is 9.97. The van der Waals surface area contributed by atoms with Crippen molar-refractivity contribution in [1.82, 2.24) is 9.80 Å². The lowest BCUT2D eigenvalue weighted by molar-refractivity contribution is 0.0130. The standard InChI is InChI=1S/C21H32N4O2/c1-16(22)18-5-7-19(8-6-18)25-14-17(15-25)13-23-9-11-24(12-10-23)20(26)27-21(2,3)4/h5-8,17H,1,9-15,22H2,2-4H3. The molecule has 0 saturated carbocycles. The van der Waals surface area contributed by atoms with Crippen LogP contribution in [-0.2, 0) is 4.74 Å². The fourth-order valence-corrected chi connectivity index (χ4v) is 3.59. The van der Waals surface area contributed by atoms with Gasteiger partial charge in [0.2, 0.25) is 0 Å². The topological polar surface area (TPSA) is 62.0 Å². The van der Waals surface area contributed by atoms with Gasteiger partial charge in [-0.05, 0) is 38.5 Å². The largest absolute Gasteiger partial charge is 0.444 e. The number of hydrogen-bond acceptors (Lipinski definition) is 5. The summed E-state index contributed by atoms with van der Waals surface area (Å²) in [6.45, 7) is 16.1. The van der Waals surface area contributed by atoms with Crippen molar-refractivity contribution in [1.29, 1.82) is 0 Å². The van der Waals surface area contributed by atoms with E-state index in [1.807, 2.05) is 37.8 Å². The average molecular weight is 373 g/mol. The molecular weight excluding hydrogens is 340 g/mol. The molecule has 2 aliphatic rings. The molecule has 6 heteroatoms. The zero-order valence-corrected chi connectivity index (χ0v) is 16.8. The van der Waals surface area contributed by atoms with Gasteiger partial charge < -0.3 is 20.3 Å². The van der Waals surface area contributed by atoms with Crippen molar-refractivity contribution in [3.8, 4) is 0 Å². The van der Waals surface area contributed by atoms with Gasteiger partial charge in [-0.3, -0.25) is 4.90 Å². The number of carbonyl (C=O) groups is 1. The van der Waals surface area contributed by atoms with E-state index in [0.717, 1.165) is 51.4 Å². The number of anilines is 1. The minimum absolute atomic E-state index is 0.194. The van der Waals surface area contributed by atoms with E-state index < -0.39 is 5.60 Å². The molecular formula is C21H32N4O2. The Labute approximate surface area is 162 Å². The van der Waals surface area contributed by atoms with Crippen LogP contribution in [0.3, 0.4) is 0 Å². The Morgan fingerprint density at radius 1 is 1.15 bits per heavy atom. The van der Waals surface area contributed by atoms with Crippen molar-refractivity contribution in [2.24, 2.45) is 11.7 Å². The Morgan fingerprint density at radius 2 is 1.74 bits per heavy atom. The molecule has 0 spiro atoms.